The van der Waals surface area contributed by atoms with Crippen LogP contribution >= 0.6 is 23.8 Å². The molecule has 4 rings (SSSR count). The molecule has 1 heterocycles. The number of benzene rings is 3. The molecule has 9 heteroatoms. The van der Waals surface area contributed by atoms with Crippen LogP contribution < -0.4 is 10.2 Å². The first kappa shape index (κ1) is 23.8. The van der Waals surface area contributed by atoms with Crippen molar-refractivity contribution < 1.29 is 18.4 Å². The number of carbonyl (C=O) groups is 2. The third-order valence-electron chi connectivity index (χ3n) is 5.46. The predicted octanol–water partition coefficient (Wildman–Crippen LogP) is 5.19. The molecule has 174 valence electrons. The number of carbonyl (C=O) groups excluding carboxylic acids is 2. The van der Waals surface area contributed by atoms with Gasteiger partial charge in [-0.05, 0) is 84.9 Å². The second-order valence-electron chi connectivity index (χ2n) is 7.78. The third kappa shape index (κ3) is 5.40. The van der Waals surface area contributed by atoms with Gasteiger partial charge in [0.1, 0.15) is 17.7 Å². The zero-order chi connectivity index (χ0) is 24.2. The molecule has 1 aliphatic rings. The Morgan fingerprint density at radius 1 is 0.941 bits per heavy atom. The summed E-state index contributed by atoms with van der Waals surface area (Å²) in [5.74, 6) is -1.49. The summed E-state index contributed by atoms with van der Waals surface area (Å²) in [7, 11) is 0. The lowest BCUT2D eigenvalue weighted by atomic mass is 10.1. The lowest BCUT2D eigenvalue weighted by Crippen LogP contribution is -2.39. The topological polar surface area (TPSA) is 52.7 Å². The summed E-state index contributed by atoms with van der Waals surface area (Å²) in [5.41, 5.74) is 1.84. The Balaban J connectivity index is 1.55. The standard InChI is InChI=1S/C25H20ClF2N3O2S/c26-17-3-11-21(12-4-17)31-24(33)22(15-23(32)29-20-9-7-19(28)8-10-20)30(25(31)34)14-13-16-1-5-18(27)6-2-16/h1-12,22H,13-15H2,(H,29,32). The Labute approximate surface area is 205 Å². The number of anilines is 2. The average molecular weight is 500 g/mol. The number of hydrogen-bond donors (Lipinski definition) is 1. The summed E-state index contributed by atoms with van der Waals surface area (Å²) in [4.78, 5) is 29.2. The average Bonchev–Trinajstić information content (AvgIpc) is 3.04. The van der Waals surface area contributed by atoms with E-state index in [0.717, 1.165) is 5.56 Å². The molecule has 1 aliphatic heterocycles. The minimum atomic E-state index is -0.830. The molecule has 5 nitrogen and oxygen atoms in total. The summed E-state index contributed by atoms with van der Waals surface area (Å²) in [6.45, 7) is 0.356. The van der Waals surface area contributed by atoms with Crippen LogP contribution in [0.3, 0.4) is 0 Å². The first-order chi connectivity index (χ1) is 16.3. The Morgan fingerprint density at radius 3 is 2.15 bits per heavy atom. The quantitative estimate of drug-likeness (QED) is 0.454. The summed E-state index contributed by atoms with van der Waals surface area (Å²) in [6, 6.07) is 17.3. The van der Waals surface area contributed by atoms with Gasteiger partial charge >= 0.3 is 0 Å². The van der Waals surface area contributed by atoms with E-state index in [9.17, 15) is 18.4 Å². The van der Waals surface area contributed by atoms with Crippen molar-refractivity contribution >= 4 is 52.1 Å². The Bertz CT molecular complexity index is 1200. The third-order valence-corrected chi connectivity index (χ3v) is 6.13. The molecule has 0 saturated carbocycles. The summed E-state index contributed by atoms with van der Waals surface area (Å²) < 4.78 is 26.4. The van der Waals surface area contributed by atoms with E-state index in [4.69, 9.17) is 23.8 Å². The fourth-order valence-corrected chi connectivity index (χ4v) is 4.28. The predicted molar refractivity (Wildman–Crippen MR) is 132 cm³/mol. The van der Waals surface area contributed by atoms with Crippen LogP contribution in [-0.4, -0.2) is 34.4 Å². The number of hydrogen-bond acceptors (Lipinski definition) is 3. The van der Waals surface area contributed by atoms with Gasteiger partial charge < -0.3 is 10.2 Å². The van der Waals surface area contributed by atoms with Crippen LogP contribution in [0.5, 0.6) is 0 Å². The van der Waals surface area contributed by atoms with E-state index in [-0.39, 0.29) is 23.3 Å². The van der Waals surface area contributed by atoms with Crippen LogP contribution in [0.4, 0.5) is 20.2 Å². The molecule has 3 aromatic carbocycles. The molecule has 0 bridgehead atoms. The highest BCUT2D eigenvalue weighted by molar-refractivity contribution is 7.80. The minimum absolute atomic E-state index is 0.149. The largest absolute Gasteiger partial charge is 0.336 e. The maximum absolute atomic E-state index is 13.4. The molecule has 1 fully saturated rings. The van der Waals surface area contributed by atoms with E-state index in [1.807, 2.05) is 0 Å². The van der Waals surface area contributed by atoms with Crippen molar-refractivity contribution in [3.05, 3.63) is 95.0 Å². The van der Waals surface area contributed by atoms with E-state index in [1.165, 1.54) is 41.3 Å². The molecular weight excluding hydrogens is 480 g/mol. The fourth-order valence-electron chi connectivity index (χ4n) is 3.74. The van der Waals surface area contributed by atoms with E-state index >= 15 is 0 Å². The Kier molecular flexibility index (Phi) is 7.19. The van der Waals surface area contributed by atoms with E-state index in [2.05, 4.69) is 5.32 Å². The van der Waals surface area contributed by atoms with Crippen molar-refractivity contribution in [2.75, 3.05) is 16.8 Å². The lowest BCUT2D eigenvalue weighted by Gasteiger charge is -2.24. The second-order valence-corrected chi connectivity index (χ2v) is 8.58. The van der Waals surface area contributed by atoms with Crippen LogP contribution in [0, 0.1) is 11.6 Å². The van der Waals surface area contributed by atoms with Crippen molar-refractivity contribution in [2.45, 2.75) is 18.9 Å². The van der Waals surface area contributed by atoms with Gasteiger partial charge in [0, 0.05) is 17.3 Å². The molecule has 3 aromatic rings. The molecule has 0 aromatic heterocycles. The van der Waals surface area contributed by atoms with Crippen molar-refractivity contribution in [1.29, 1.82) is 0 Å². The van der Waals surface area contributed by atoms with Gasteiger partial charge in [0.15, 0.2) is 5.11 Å². The zero-order valence-corrected chi connectivity index (χ0v) is 19.5. The molecule has 1 saturated heterocycles. The van der Waals surface area contributed by atoms with Gasteiger partial charge in [-0.1, -0.05) is 23.7 Å². The molecule has 0 aliphatic carbocycles. The highest BCUT2D eigenvalue weighted by Crippen LogP contribution is 2.28. The molecule has 0 radical (unpaired) electrons. The van der Waals surface area contributed by atoms with E-state index < -0.39 is 17.8 Å². The molecule has 1 unspecified atom stereocenters. The van der Waals surface area contributed by atoms with Gasteiger partial charge in [-0.2, -0.15) is 0 Å². The maximum Gasteiger partial charge on any atom is 0.256 e. The fraction of sp³-hybridized carbons (Fsp3) is 0.160. The van der Waals surface area contributed by atoms with Gasteiger partial charge in [-0.25, -0.2) is 8.78 Å². The SMILES string of the molecule is O=C(CC1C(=O)N(c2ccc(Cl)cc2)C(=S)N1CCc1ccc(F)cc1)Nc1ccc(F)cc1. The van der Waals surface area contributed by atoms with Gasteiger partial charge in [0.25, 0.3) is 5.91 Å². The lowest BCUT2D eigenvalue weighted by molar-refractivity contribution is -0.124. The molecule has 1 atom stereocenters. The van der Waals surface area contributed by atoms with Crippen LogP contribution in [0.25, 0.3) is 0 Å². The number of thiocarbonyl (C=S) groups is 1. The monoisotopic (exact) mass is 499 g/mol. The first-order valence-electron chi connectivity index (χ1n) is 10.5. The van der Waals surface area contributed by atoms with Crippen LogP contribution in [-0.2, 0) is 16.0 Å². The maximum atomic E-state index is 13.4. The number of rotatable bonds is 7. The Morgan fingerprint density at radius 2 is 1.53 bits per heavy atom. The normalized spacial score (nSPS) is 15.7. The van der Waals surface area contributed by atoms with Gasteiger partial charge in [-0.15, -0.1) is 0 Å². The number of nitrogens with zero attached hydrogens (tertiary/aromatic N) is 2. The summed E-state index contributed by atoms with van der Waals surface area (Å²) >= 11 is 11.6. The molecule has 1 N–H and O–H groups in total. The van der Waals surface area contributed by atoms with Crippen molar-refractivity contribution in [2.24, 2.45) is 0 Å². The molecule has 0 spiro atoms. The Hall–Kier alpha value is -3.36. The van der Waals surface area contributed by atoms with E-state index in [1.54, 1.807) is 41.3 Å². The van der Waals surface area contributed by atoms with Crippen LogP contribution in [0.1, 0.15) is 12.0 Å². The molecule has 2 amide bonds. The summed E-state index contributed by atoms with van der Waals surface area (Å²) in [5, 5.41) is 3.48. The van der Waals surface area contributed by atoms with Crippen molar-refractivity contribution in [3.8, 4) is 0 Å². The van der Waals surface area contributed by atoms with Gasteiger partial charge in [0.2, 0.25) is 5.91 Å². The number of nitrogens with one attached hydrogen (secondary N) is 1. The van der Waals surface area contributed by atoms with Crippen LogP contribution in [0.15, 0.2) is 72.8 Å². The molecule has 34 heavy (non-hydrogen) atoms. The van der Waals surface area contributed by atoms with E-state index in [0.29, 0.717) is 29.4 Å². The second kappa shape index (κ2) is 10.3. The van der Waals surface area contributed by atoms with Crippen molar-refractivity contribution in [1.82, 2.24) is 4.90 Å². The first-order valence-corrected chi connectivity index (χ1v) is 11.3. The highest BCUT2D eigenvalue weighted by atomic mass is 35.5. The van der Waals surface area contributed by atoms with Crippen LogP contribution in [0.2, 0.25) is 5.02 Å². The van der Waals surface area contributed by atoms with Crippen molar-refractivity contribution in [3.63, 3.8) is 0 Å². The minimum Gasteiger partial charge on any atom is -0.336 e. The van der Waals surface area contributed by atoms with Gasteiger partial charge in [-0.3, -0.25) is 14.5 Å². The molecular formula is C25H20ClF2N3O2S. The zero-order valence-electron chi connectivity index (χ0n) is 17.9. The number of halogens is 3. The van der Waals surface area contributed by atoms with Gasteiger partial charge in [0.05, 0.1) is 12.1 Å². The highest BCUT2D eigenvalue weighted by Gasteiger charge is 2.43. The smallest absolute Gasteiger partial charge is 0.256 e. The summed E-state index contributed by atoms with van der Waals surface area (Å²) in [6.07, 6.45) is 0.349. The number of amides is 2.